The Morgan fingerprint density at radius 3 is 2.50 bits per heavy atom. The summed E-state index contributed by atoms with van der Waals surface area (Å²) in [6, 6.07) is 9.63. The van der Waals surface area contributed by atoms with E-state index in [4.69, 9.17) is 0 Å². The quantitative estimate of drug-likeness (QED) is 0.837. The van der Waals surface area contributed by atoms with Crippen molar-refractivity contribution >= 4 is 17.7 Å². The summed E-state index contributed by atoms with van der Waals surface area (Å²) in [5, 5.41) is 12.3. The number of aryl methyl sites for hydroxylation is 1. The minimum Gasteiger partial charge on any atom is -0.342 e. The molecule has 0 saturated carbocycles. The van der Waals surface area contributed by atoms with Crippen LogP contribution >= 0.6 is 0 Å². The molecule has 144 valence electrons. The highest BCUT2D eigenvalue weighted by Gasteiger charge is 2.40. The number of benzene rings is 1. The number of fused-ring (bicyclic) bond motifs is 1. The van der Waals surface area contributed by atoms with Crippen LogP contribution in [0.3, 0.4) is 0 Å². The molecule has 0 radical (unpaired) electrons. The maximum Gasteiger partial charge on any atom is 0.258 e. The number of aromatic nitrogens is 2. The van der Waals surface area contributed by atoms with E-state index in [1.165, 1.54) is 0 Å². The van der Waals surface area contributed by atoms with Crippen molar-refractivity contribution in [3.8, 4) is 6.07 Å². The topological polar surface area (TPSA) is 102 Å². The first-order valence-electron chi connectivity index (χ1n) is 9.64. The molecule has 0 bridgehead atoms. The Morgan fingerprint density at radius 1 is 1.18 bits per heavy atom. The zero-order valence-electron chi connectivity index (χ0n) is 16.0. The fourth-order valence-corrected chi connectivity index (χ4v) is 4.00. The maximum absolute atomic E-state index is 13.0. The third kappa shape index (κ3) is 3.15. The number of hydrogen-bond donors (Lipinski definition) is 2. The van der Waals surface area contributed by atoms with Crippen LogP contribution in [0.1, 0.15) is 42.4 Å². The number of piperidine rings is 1. The van der Waals surface area contributed by atoms with Crippen molar-refractivity contribution in [2.75, 3.05) is 23.3 Å². The van der Waals surface area contributed by atoms with Gasteiger partial charge in [-0.25, -0.2) is 0 Å². The smallest absolute Gasteiger partial charge is 0.258 e. The van der Waals surface area contributed by atoms with Crippen LogP contribution in [0.15, 0.2) is 29.1 Å². The van der Waals surface area contributed by atoms with Crippen molar-refractivity contribution in [3.05, 3.63) is 51.3 Å². The summed E-state index contributed by atoms with van der Waals surface area (Å²) < 4.78 is 0. The number of anilines is 2. The number of carbonyl (C=O) groups is 1. The monoisotopic (exact) mass is 377 g/mol. The van der Waals surface area contributed by atoms with E-state index in [0.717, 1.165) is 37.1 Å². The molecule has 1 saturated heterocycles. The van der Waals surface area contributed by atoms with Gasteiger partial charge in [-0.1, -0.05) is 36.8 Å². The average molecular weight is 377 g/mol. The molecule has 28 heavy (non-hydrogen) atoms. The van der Waals surface area contributed by atoms with Gasteiger partial charge in [0.25, 0.3) is 5.56 Å². The molecule has 1 aromatic carbocycles. The number of aromatic amines is 1. The minimum absolute atomic E-state index is 0.263. The Bertz CT molecular complexity index is 997. The Morgan fingerprint density at radius 2 is 1.86 bits per heavy atom. The SMILES string of the molecule is Cc1ccc([C@H]2c3c(nc(N4CCC(C)CC4)[nH]c3=O)NC(=O)[C@H]2C#N)cc1. The number of rotatable bonds is 2. The Balaban J connectivity index is 1.80. The van der Waals surface area contributed by atoms with Crippen LogP contribution in [0.25, 0.3) is 0 Å². The van der Waals surface area contributed by atoms with Gasteiger partial charge in [-0.3, -0.25) is 14.6 Å². The number of nitriles is 1. The van der Waals surface area contributed by atoms with Gasteiger partial charge in [0.05, 0.1) is 11.6 Å². The van der Waals surface area contributed by atoms with Crippen molar-refractivity contribution in [1.82, 2.24) is 9.97 Å². The summed E-state index contributed by atoms with van der Waals surface area (Å²) >= 11 is 0. The molecule has 1 aromatic heterocycles. The van der Waals surface area contributed by atoms with E-state index in [0.29, 0.717) is 17.4 Å². The lowest BCUT2D eigenvalue weighted by Crippen LogP contribution is -2.40. The average Bonchev–Trinajstić information content (AvgIpc) is 2.68. The largest absolute Gasteiger partial charge is 0.342 e. The van der Waals surface area contributed by atoms with Crippen LogP contribution in [0.5, 0.6) is 0 Å². The van der Waals surface area contributed by atoms with Crippen molar-refractivity contribution in [2.45, 2.75) is 32.6 Å². The number of hydrogen-bond acceptors (Lipinski definition) is 5. The first-order valence-corrected chi connectivity index (χ1v) is 9.64. The molecule has 2 N–H and O–H groups in total. The van der Waals surface area contributed by atoms with Gasteiger partial charge >= 0.3 is 0 Å². The number of nitrogens with zero attached hydrogens (tertiary/aromatic N) is 3. The summed E-state index contributed by atoms with van der Waals surface area (Å²) in [5.41, 5.74) is 1.88. The number of nitrogens with one attached hydrogen (secondary N) is 2. The van der Waals surface area contributed by atoms with Crippen LogP contribution < -0.4 is 15.8 Å². The fraction of sp³-hybridized carbons (Fsp3) is 0.429. The predicted octanol–water partition coefficient (Wildman–Crippen LogP) is 2.54. The first kappa shape index (κ1) is 18.2. The predicted molar refractivity (Wildman–Crippen MR) is 106 cm³/mol. The van der Waals surface area contributed by atoms with E-state index in [1.54, 1.807) is 0 Å². The highest BCUT2D eigenvalue weighted by Crippen LogP contribution is 2.38. The lowest BCUT2D eigenvalue weighted by atomic mass is 9.79. The van der Waals surface area contributed by atoms with E-state index in [2.05, 4.69) is 28.3 Å². The molecule has 0 aliphatic carbocycles. The first-order chi connectivity index (χ1) is 13.5. The standard InChI is InChI=1S/C21H23N5O2/c1-12-3-5-14(6-4-12)16-15(11-22)19(27)23-18-17(16)20(28)25-21(24-18)26-9-7-13(2)8-10-26/h3-6,13,15-16H,7-10H2,1-2H3,(H2,23,24,25,27,28)/t15-,16+/m0/s1. The Kier molecular flexibility index (Phi) is 4.63. The van der Waals surface area contributed by atoms with Crippen LogP contribution in [0.2, 0.25) is 0 Å². The van der Waals surface area contributed by atoms with Crippen molar-refractivity contribution in [2.24, 2.45) is 11.8 Å². The molecule has 0 spiro atoms. The molecule has 0 unspecified atom stereocenters. The molecule has 2 aliphatic rings. The fourth-order valence-electron chi connectivity index (χ4n) is 4.00. The van der Waals surface area contributed by atoms with Crippen molar-refractivity contribution < 1.29 is 4.79 Å². The third-order valence-electron chi connectivity index (χ3n) is 5.77. The maximum atomic E-state index is 13.0. The van der Waals surface area contributed by atoms with E-state index in [9.17, 15) is 14.9 Å². The van der Waals surface area contributed by atoms with Gasteiger partial charge in [0.2, 0.25) is 11.9 Å². The second kappa shape index (κ2) is 7.12. The van der Waals surface area contributed by atoms with Crippen LogP contribution in [-0.4, -0.2) is 29.0 Å². The molecule has 7 nitrogen and oxygen atoms in total. The second-order valence-corrected chi connectivity index (χ2v) is 7.81. The number of amides is 1. The highest BCUT2D eigenvalue weighted by molar-refractivity contribution is 5.97. The van der Waals surface area contributed by atoms with Gasteiger partial charge in [0, 0.05) is 19.0 Å². The Hall–Kier alpha value is -3.14. The zero-order valence-corrected chi connectivity index (χ0v) is 16.0. The van der Waals surface area contributed by atoms with Crippen molar-refractivity contribution in [1.29, 1.82) is 5.26 Å². The lowest BCUT2D eigenvalue weighted by molar-refractivity contribution is -0.119. The van der Waals surface area contributed by atoms with Gasteiger partial charge in [0.1, 0.15) is 11.7 Å². The highest BCUT2D eigenvalue weighted by atomic mass is 16.2. The molecule has 7 heteroatoms. The van der Waals surface area contributed by atoms with Gasteiger partial charge < -0.3 is 10.2 Å². The summed E-state index contributed by atoms with van der Waals surface area (Å²) in [6.07, 6.45) is 2.07. The summed E-state index contributed by atoms with van der Waals surface area (Å²) in [5.74, 6) is -0.631. The molecule has 4 rings (SSSR count). The molecule has 2 atom stereocenters. The molecular formula is C21H23N5O2. The van der Waals surface area contributed by atoms with E-state index in [-0.39, 0.29) is 11.4 Å². The van der Waals surface area contributed by atoms with Gasteiger partial charge in [-0.2, -0.15) is 10.2 Å². The van der Waals surface area contributed by atoms with E-state index in [1.807, 2.05) is 36.1 Å². The molecule has 1 amide bonds. The Labute approximate surface area is 163 Å². The molecule has 3 heterocycles. The molecular weight excluding hydrogens is 354 g/mol. The number of H-pyrrole nitrogens is 1. The third-order valence-corrected chi connectivity index (χ3v) is 5.77. The second-order valence-electron chi connectivity index (χ2n) is 7.81. The summed E-state index contributed by atoms with van der Waals surface area (Å²) in [6.45, 7) is 5.82. The van der Waals surface area contributed by atoms with Crippen LogP contribution in [0, 0.1) is 30.1 Å². The number of carbonyl (C=O) groups excluding carboxylic acids is 1. The van der Waals surface area contributed by atoms with Gasteiger partial charge in [-0.15, -0.1) is 0 Å². The lowest BCUT2D eigenvalue weighted by Gasteiger charge is -2.33. The molecule has 2 aromatic rings. The van der Waals surface area contributed by atoms with Crippen LogP contribution in [0.4, 0.5) is 11.8 Å². The summed E-state index contributed by atoms with van der Waals surface area (Å²) in [4.78, 5) is 35.1. The van der Waals surface area contributed by atoms with E-state index >= 15 is 0 Å². The minimum atomic E-state index is -0.972. The van der Waals surface area contributed by atoms with Crippen molar-refractivity contribution in [3.63, 3.8) is 0 Å². The molecule has 1 fully saturated rings. The summed E-state index contributed by atoms with van der Waals surface area (Å²) in [7, 11) is 0. The van der Waals surface area contributed by atoms with Gasteiger partial charge in [0.15, 0.2) is 0 Å². The van der Waals surface area contributed by atoms with Crippen LogP contribution in [-0.2, 0) is 4.79 Å². The van der Waals surface area contributed by atoms with E-state index < -0.39 is 17.7 Å². The zero-order chi connectivity index (χ0) is 19.8. The van der Waals surface area contributed by atoms with Gasteiger partial charge in [-0.05, 0) is 31.2 Å². The molecule has 2 aliphatic heterocycles. The normalized spacial score (nSPS) is 22.3.